The molecule has 2 aliphatic carbocycles. The first-order valence-electron chi connectivity index (χ1n) is 11.5. The lowest BCUT2D eigenvalue weighted by Gasteiger charge is -2.38. The zero-order chi connectivity index (χ0) is 20.9. The highest BCUT2D eigenvalue weighted by Gasteiger charge is 2.41. The van der Waals surface area contributed by atoms with Gasteiger partial charge in [-0.25, -0.2) is 0 Å². The van der Waals surface area contributed by atoms with Crippen LogP contribution in [0.25, 0.3) is 0 Å². The molecule has 1 N–H and O–H groups in total. The minimum atomic E-state index is -0.846. The first-order chi connectivity index (χ1) is 13.1. The standard InChI is InChI=1S/C24H42O4/c1-6-7-17-9-11-18(12-10-17)21(15-24(3,4)5)28-23(27)19-13-8-16(2)14-20(19)22(25)26/h16-21H,6-15H2,1-5H3,(H,25,26). The van der Waals surface area contributed by atoms with Crippen molar-refractivity contribution in [3.05, 3.63) is 0 Å². The van der Waals surface area contributed by atoms with Crippen LogP contribution in [0.1, 0.15) is 98.8 Å². The van der Waals surface area contributed by atoms with E-state index in [-0.39, 0.29) is 17.5 Å². The third-order valence-electron chi connectivity index (χ3n) is 6.93. The van der Waals surface area contributed by atoms with E-state index in [0.717, 1.165) is 31.6 Å². The molecule has 2 fully saturated rings. The highest BCUT2D eigenvalue weighted by Crippen LogP contribution is 2.40. The van der Waals surface area contributed by atoms with Crippen molar-refractivity contribution in [1.82, 2.24) is 0 Å². The Hall–Kier alpha value is -1.06. The Kier molecular flexibility index (Phi) is 8.39. The molecule has 2 saturated carbocycles. The number of hydrogen-bond acceptors (Lipinski definition) is 3. The van der Waals surface area contributed by atoms with Gasteiger partial charge in [0.2, 0.25) is 0 Å². The molecule has 2 aliphatic rings. The molecule has 0 spiro atoms. The van der Waals surface area contributed by atoms with Gasteiger partial charge in [-0.1, -0.05) is 60.3 Å². The van der Waals surface area contributed by atoms with Gasteiger partial charge in [0.25, 0.3) is 0 Å². The fourth-order valence-electron chi connectivity index (χ4n) is 5.34. The van der Waals surface area contributed by atoms with Gasteiger partial charge in [0.1, 0.15) is 6.10 Å². The van der Waals surface area contributed by atoms with E-state index in [9.17, 15) is 14.7 Å². The van der Waals surface area contributed by atoms with E-state index >= 15 is 0 Å². The van der Waals surface area contributed by atoms with Crippen molar-refractivity contribution < 1.29 is 19.4 Å². The fraction of sp³-hybridized carbons (Fsp3) is 0.917. The van der Waals surface area contributed by atoms with Crippen LogP contribution in [0.15, 0.2) is 0 Å². The van der Waals surface area contributed by atoms with Crippen LogP contribution in [-0.2, 0) is 14.3 Å². The second-order valence-electron chi connectivity index (χ2n) is 10.8. The molecule has 0 aromatic rings. The van der Waals surface area contributed by atoms with Crippen molar-refractivity contribution in [2.24, 2.45) is 35.0 Å². The normalized spacial score (nSPS) is 32.5. The molecular weight excluding hydrogens is 352 g/mol. The van der Waals surface area contributed by atoms with Crippen molar-refractivity contribution >= 4 is 11.9 Å². The third-order valence-corrected chi connectivity index (χ3v) is 6.93. The van der Waals surface area contributed by atoms with Crippen molar-refractivity contribution in [3.8, 4) is 0 Å². The van der Waals surface area contributed by atoms with Gasteiger partial charge in [0.05, 0.1) is 11.8 Å². The second-order valence-corrected chi connectivity index (χ2v) is 10.8. The molecule has 4 heteroatoms. The van der Waals surface area contributed by atoms with Crippen molar-refractivity contribution in [1.29, 1.82) is 0 Å². The Morgan fingerprint density at radius 2 is 1.68 bits per heavy atom. The molecule has 0 radical (unpaired) electrons. The molecule has 0 heterocycles. The number of esters is 1. The van der Waals surface area contributed by atoms with Crippen LogP contribution in [0.2, 0.25) is 0 Å². The SMILES string of the molecule is CCCC1CCC(C(CC(C)(C)C)OC(=O)C2CCC(C)CC2C(=O)O)CC1. The minimum absolute atomic E-state index is 0.0797. The van der Waals surface area contributed by atoms with Gasteiger partial charge in [-0.15, -0.1) is 0 Å². The monoisotopic (exact) mass is 394 g/mol. The molecule has 28 heavy (non-hydrogen) atoms. The van der Waals surface area contributed by atoms with Crippen LogP contribution in [0.4, 0.5) is 0 Å². The molecule has 0 aliphatic heterocycles. The Balaban J connectivity index is 2.05. The molecule has 0 aromatic carbocycles. The number of carboxylic acid groups (broad SMARTS) is 1. The maximum Gasteiger partial charge on any atom is 0.310 e. The third kappa shape index (κ3) is 6.77. The molecule has 4 nitrogen and oxygen atoms in total. The average molecular weight is 395 g/mol. The summed E-state index contributed by atoms with van der Waals surface area (Å²) in [6, 6.07) is 0. The average Bonchev–Trinajstić information content (AvgIpc) is 2.60. The van der Waals surface area contributed by atoms with Crippen LogP contribution in [0.3, 0.4) is 0 Å². The number of carboxylic acids is 1. The van der Waals surface area contributed by atoms with E-state index in [1.54, 1.807) is 0 Å². The predicted octanol–water partition coefficient (Wildman–Crippen LogP) is 6.08. The van der Waals surface area contributed by atoms with Gasteiger partial charge >= 0.3 is 11.9 Å². The van der Waals surface area contributed by atoms with Crippen molar-refractivity contribution in [2.45, 2.75) is 105 Å². The van der Waals surface area contributed by atoms with Gasteiger partial charge in [-0.3, -0.25) is 9.59 Å². The van der Waals surface area contributed by atoms with Gasteiger partial charge in [0.15, 0.2) is 0 Å². The van der Waals surface area contributed by atoms with Crippen LogP contribution in [0, 0.1) is 35.0 Å². The maximum absolute atomic E-state index is 13.0. The van der Waals surface area contributed by atoms with Crippen molar-refractivity contribution in [2.75, 3.05) is 0 Å². The molecular formula is C24H42O4. The van der Waals surface area contributed by atoms with E-state index in [4.69, 9.17) is 4.74 Å². The Bertz CT molecular complexity index is 513. The predicted molar refractivity (Wildman–Crippen MR) is 112 cm³/mol. The second kappa shape index (κ2) is 10.1. The molecule has 0 saturated heterocycles. The molecule has 4 atom stereocenters. The minimum Gasteiger partial charge on any atom is -0.481 e. The van der Waals surface area contributed by atoms with Crippen LogP contribution in [0.5, 0.6) is 0 Å². The summed E-state index contributed by atoms with van der Waals surface area (Å²) in [7, 11) is 0. The lowest BCUT2D eigenvalue weighted by atomic mass is 9.73. The Morgan fingerprint density at radius 1 is 1.04 bits per heavy atom. The highest BCUT2D eigenvalue weighted by atomic mass is 16.5. The largest absolute Gasteiger partial charge is 0.481 e. The fourth-order valence-corrected chi connectivity index (χ4v) is 5.34. The molecule has 2 rings (SSSR count). The first kappa shape index (κ1) is 23.2. The lowest BCUT2D eigenvalue weighted by Crippen LogP contribution is -2.40. The topological polar surface area (TPSA) is 63.6 Å². The molecule has 4 unspecified atom stereocenters. The summed E-state index contributed by atoms with van der Waals surface area (Å²) >= 11 is 0. The van der Waals surface area contributed by atoms with E-state index in [1.165, 1.54) is 25.7 Å². The van der Waals surface area contributed by atoms with Crippen LogP contribution in [-0.4, -0.2) is 23.1 Å². The van der Waals surface area contributed by atoms with Gasteiger partial charge in [-0.2, -0.15) is 0 Å². The summed E-state index contributed by atoms with van der Waals surface area (Å²) in [4.78, 5) is 24.8. The lowest BCUT2D eigenvalue weighted by molar-refractivity contribution is -0.168. The molecule has 0 bridgehead atoms. The first-order valence-corrected chi connectivity index (χ1v) is 11.5. The van der Waals surface area contributed by atoms with E-state index in [0.29, 0.717) is 24.7 Å². The summed E-state index contributed by atoms with van der Waals surface area (Å²) < 4.78 is 6.11. The maximum atomic E-state index is 13.0. The zero-order valence-corrected chi connectivity index (χ0v) is 18.7. The Morgan fingerprint density at radius 3 is 2.21 bits per heavy atom. The Labute approximate surface area is 171 Å². The quantitative estimate of drug-likeness (QED) is 0.532. The van der Waals surface area contributed by atoms with E-state index in [2.05, 4.69) is 34.6 Å². The summed E-state index contributed by atoms with van der Waals surface area (Å²) in [6.07, 6.45) is 10.2. The summed E-state index contributed by atoms with van der Waals surface area (Å²) in [5.74, 6) is -0.570. The summed E-state index contributed by atoms with van der Waals surface area (Å²) in [6.45, 7) is 10.9. The highest BCUT2D eigenvalue weighted by molar-refractivity contribution is 5.81. The summed E-state index contributed by atoms with van der Waals surface area (Å²) in [5, 5.41) is 9.62. The van der Waals surface area contributed by atoms with Gasteiger partial charge < -0.3 is 9.84 Å². The molecule has 162 valence electrons. The van der Waals surface area contributed by atoms with Crippen molar-refractivity contribution in [3.63, 3.8) is 0 Å². The van der Waals surface area contributed by atoms with Gasteiger partial charge in [-0.05, 0) is 61.7 Å². The van der Waals surface area contributed by atoms with Crippen LogP contribution >= 0.6 is 0 Å². The number of rotatable bonds is 7. The number of aliphatic carboxylic acids is 1. The summed E-state index contributed by atoms with van der Waals surface area (Å²) in [5.41, 5.74) is 0.0818. The number of hydrogen-bond donors (Lipinski definition) is 1. The molecule has 0 amide bonds. The molecule has 0 aromatic heterocycles. The number of carbonyl (C=O) groups is 2. The van der Waals surface area contributed by atoms with Gasteiger partial charge in [0, 0.05) is 0 Å². The number of carbonyl (C=O) groups excluding carboxylic acids is 1. The van der Waals surface area contributed by atoms with Crippen LogP contribution < -0.4 is 0 Å². The van der Waals surface area contributed by atoms with E-state index < -0.39 is 17.8 Å². The zero-order valence-electron chi connectivity index (χ0n) is 18.7. The van der Waals surface area contributed by atoms with E-state index in [1.807, 2.05) is 0 Å². The number of ether oxygens (including phenoxy) is 1. The smallest absolute Gasteiger partial charge is 0.310 e.